The molecule has 1 amide bonds. The summed E-state index contributed by atoms with van der Waals surface area (Å²) in [5.41, 5.74) is 0.813. The molecule has 0 spiro atoms. The molecule has 0 radical (unpaired) electrons. The fraction of sp³-hybridized carbons (Fsp3) is 0.545. The fourth-order valence-electron chi connectivity index (χ4n) is 1.80. The zero-order chi connectivity index (χ0) is 11.5. The van der Waals surface area contributed by atoms with E-state index in [0.717, 1.165) is 5.56 Å². The predicted molar refractivity (Wildman–Crippen MR) is 56.2 cm³/mol. The molecular weight excluding hydrogens is 210 g/mol. The lowest BCUT2D eigenvalue weighted by Gasteiger charge is -2.33. The number of hydrogen-bond donors (Lipinski definition) is 1. The van der Waals surface area contributed by atoms with Gasteiger partial charge in [-0.3, -0.25) is 4.79 Å². The Labute approximate surface area is 93.6 Å². The van der Waals surface area contributed by atoms with Gasteiger partial charge in [0.1, 0.15) is 0 Å². The average molecular weight is 225 g/mol. The average Bonchev–Trinajstić information content (AvgIpc) is 2.74. The van der Waals surface area contributed by atoms with Gasteiger partial charge in [-0.15, -0.1) is 0 Å². The predicted octanol–water partition coefficient (Wildman–Crippen LogP) is 0.421. The summed E-state index contributed by atoms with van der Waals surface area (Å²) in [6.07, 6.45) is 1.50. The monoisotopic (exact) mass is 225 g/mol. The van der Waals surface area contributed by atoms with Gasteiger partial charge in [0.15, 0.2) is 5.76 Å². The minimum absolute atomic E-state index is 0.0918. The Bertz CT molecular complexity index is 374. The minimum Gasteiger partial charge on any atom is -0.459 e. The lowest BCUT2D eigenvalue weighted by atomic mass is 10.2. The number of furan rings is 1. The van der Waals surface area contributed by atoms with Gasteiger partial charge in [-0.1, -0.05) is 0 Å². The highest BCUT2D eigenvalue weighted by molar-refractivity contribution is 5.93. The molecule has 0 aliphatic carbocycles. The number of rotatable bonds is 2. The minimum atomic E-state index is -0.272. The Morgan fingerprint density at radius 1 is 1.69 bits per heavy atom. The first-order valence-electron chi connectivity index (χ1n) is 5.27. The first kappa shape index (κ1) is 11.2. The summed E-state index contributed by atoms with van der Waals surface area (Å²) in [6.45, 7) is 3.10. The van der Waals surface area contributed by atoms with Crippen molar-refractivity contribution in [1.29, 1.82) is 0 Å². The van der Waals surface area contributed by atoms with E-state index in [9.17, 15) is 9.90 Å². The molecule has 16 heavy (non-hydrogen) atoms. The van der Waals surface area contributed by atoms with E-state index in [2.05, 4.69) is 0 Å². The zero-order valence-corrected chi connectivity index (χ0v) is 9.18. The van der Waals surface area contributed by atoms with Crippen LogP contribution in [0.15, 0.2) is 16.7 Å². The topological polar surface area (TPSA) is 62.9 Å². The molecular formula is C11H15NO4. The number of carbonyl (C=O) groups is 1. The van der Waals surface area contributed by atoms with Gasteiger partial charge < -0.3 is 19.2 Å². The van der Waals surface area contributed by atoms with Crippen LogP contribution in [0, 0.1) is 6.92 Å². The van der Waals surface area contributed by atoms with Crippen molar-refractivity contribution in [3.05, 3.63) is 23.7 Å². The van der Waals surface area contributed by atoms with Crippen LogP contribution >= 0.6 is 0 Å². The van der Waals surface area contributed by atoms with Gasteiger partial charge in [-0.2, -0.15) is 0 Å². The van der Waals surface area contributed by atoms with E-state index in [1.807, 2.05) is 6.92 Å². The number of ether oxygens (including phenoxy) is 1. The smallest absolute Gasteiger partial charge is 0.290 e. The third-order valence-electron chi connectivity index (χ3n) is 2.76. The Morgan fingerprint density at radius 2 is 2.50 bits per heavy atom. The summed E-state index contributed by atoms with van der Waals surface area (Å²) in [5, 5.41) is 9.17. The number of nitrogens with zero attached hydrogens (tertiary/aromatic N) is 1. The molecule has 0 bridgehead atoms. The lowest BCUT2D eigenvalue weighted by molar-refractivity contribution is -0.0197. The molecule has 2 heterocycles. The van der Waals surface area contributed by atoms with Crippen LogP contribution in [0.4, 0.5) is 0 Å². The van der Waals surface area contributed by atoms with E-state index in [4.69, 9.17) is 9.15 Å². The van der Waals surface area contributed by atoms with Crippen molar-refractivity contribution in [2.24, 2.45) is 0 Å². The summed E-state index contributed by atoms with van der Waals surface area (Å²) in [7, 11) is 0. The number of carbonyl (C=O) groups excluding carboxylic acids is 1. The van der Waals surface area contributed by atoms with Crippen LogP contribution < -0.4 is 0 Å². The molecule has 1 unspecified atom stereocenters. The Balaban J connectivity index is 2.17. The molecule has 1 aliphatic heterocycles. The van der Waals surface area contributed by atoms with Gasteiger partial charge in [0.05, 0.1) is 32.1 Å². The quantitative estimate of drug-likeness (QED) is 0.792. The van der Waals surface area contributed by atoms with Crippen LogP contribution in [0.2, 0.25) is 0 Å². The van der Waals surface area contributed by atoms with Crippen LogP contribution in [0.1, 0.15) is 16.1 Å². The largest absolute Gasteiger partial charge is 0.459 e. The van der Waals surface area contributed by atoms with Gasteiger partial charge >= 0.3 is 0 Å². The van der Waals surface area contributed by atoms with Crippen LogP contribution in [0.5, 0.6) is 0 Å². The summed E-state index contributed by atoms with van der Waals surface area (Å²) < 4.78 is 10.4. The number of aliphatic hydroxyl groups excluding tert-OH is 1. The van der Waals surface area contributed by atoms with Gasteiger partial charge in [0, 0.05) is 12.1 Å². The molecule has 1 fully saturated rings. The summed E-state index contributed by atoms with van der Waals surface area (Å²) >= 11 is 0. The molecule has 1 aliphatic rings. The molecule has 5 heteroatoms. The van der Waals surface area contributed by atoms with E-state index in [1.54, 1.807) is 11.0 Å². The van der Waals surface area contributed by atoms with Crippen LogP contribution in [0.3, 0.4) is 0 Å². The van der Waals surface area contributed by atoms with Crippen molar-refractivity contribution in [2.75, 3.05) is 26.4 Å². The number of morpholine rings is 1. The lowest BCUT2D eigenvalue weighted by Crippen LogP contribution is -2.50. The molecule has 88 valence electrons. The maximum Gasteiger partial charge on any atom is 0.290 e. The normalized spacial score (nSPS) is 21.1. The Morgan fingerprint density at radius 3 is 3.12 bits per heavy atom. The highest BCUT2D eigenvalue weighted by atomic mass is 16.5. The molecule has 2 rings (SSSR count). The SMILES string of the molecule is Cc1ccoc1C(=O)N1CCOCC1CO. The third kappa shape index (κ3) is 1.96. The Hall–Kier alpha value is -1.33. The maximum absolute atomic E-state index is 12.1. The standard InChI is InChI=1S/C11H15NO4/c1-8-2-4-16-10(8)11(14)12-3-5-15-7-9(12)6-13/h2,4,9,13H,3,5-7H2,1H3. The molecule has 1 aromatic rings. The highest BCUT2D eigenvalue weighted by Crippen LogP contribution is 2.16. The fourth-order valence-corrected chi connectivity index (χ4v) is 1.80. The van der Waals surface area contributed by atoms with Crippen molar-refractivity contribution in [3.63, 3.8) is 0 Å². The second-order valence-electron chi connectivity index (χ2n) is 3.84. The third-order valence-corrected chi connectivity index (χ3v) is 2.76. The van der Waals surface area contributed by atoms with Crippen molar-refractivity contribution >= 4 is 5.91 Å². The van der Waals surface area contributed by atoms with E-state index < -0.39 is 0 Å². The molecule has 1 aromatic heterocycles. The summed E-state index contributed by atoms with van der Waals surface area (Å²) in [6, 6.07) is 1.48. The molecule has 0 aromatic carbocycles. The Kier molecular flexibility index (Phi) is 3.26. The molecule has 1 saturated heterocycles. The van der Waals surface area contributed by atoms with Crippen molar-refractivity contribution in [1.82, 2.24) is 4.90 Å². The number of aryl methyl sites for hydroxylation is 1. The molecule has 1 N–H and O–H groups in total. The van der Waals surface area contributed by atoms with Crippen LogP contribution in [0.25, 0.3) is 0 Å². The van der Waals surface area contributed by atoms with E-state index in [-0.39, 0.29) is 18.6 Å². The second kappa shape index (κ2) is 4.67. The number of hydrogen-bond acceptors (Lipinski definition) is 4. The summed E-state index contributed by atoms with van der Waals surface area (Å²) in [4.78, 5) is 13.7. The van der Waals surface area contributed by atoms with Gasteiger partial charge in [0.2, 0.25) is 0 Å². The van der Waals surface area contributed by atoms with E-state index in [1.165, 1.54) is 6.26 Å². The van der Waals surface area contributed by atoms with Crippen LogP contribution in [-0.4, -0.2) is 48.3 Å². The number of aliphatic hydroxyl groups is 1. The number of amides is 1. The molecule has 1 atom stereocenters. The summed E-state index contributed by atoms with van der Waals surface area (Å²) in [5.74, 6) is 0.171. The second-order valence-corrected chi connectivity index (χ2v) is 3.84. The molecule has 0 saturated carbocycles. The highest BCUT2D eigenvalue weighted by Gasteiger charge is 2.29. The van der Waals surface area contributed by atoms with Crippen molar-refractivity contribution in [2.45, 2.75) is 13.0 Å². The zero-order valence-electron chi connectivity index (χ0n) is 9.18. The van der Waals surface area contributed by atoms with E-state index in [0.29, 0.717) is 25.5 Å². The molecule has 5 nitrogen and oxygen atoms in total. The van der Waals surface area contributed by atoms with E-state index >= 15 is 0 Å². The van der Waals surface area contributed by atoms with Gasteiger partial charge in [-0.25, -0.2) is 0 Å². The van der Waals surface area contributed by atoms with Gasteiger partial charge in [-0.05, 0) is 13.0 Å². The van der Waals surface area contributed by atoms with Crippen LogP contribution in [-0.2, 0) is 4.74 Å². The van der Waals surface area contributed by atoms with Crippen molar-refractivity contribution in [3.8, 4) is 0 Å². The maximum atomic E-state index is 12.1. The first-order chi connectivity index (χ1) is 7.74. The first-order valence-corrected chi connectivity index (χ1v) is 5.27. The van der Waals surface area contributed by atoms with Crippen molar-refractivity contribution < 1.29 is 19.1 Å². The van der Waals surface area contributed by atoms with Gasteiger partial charge in [0.25, 0.3) is 5.91 Å².